The molecule has 1 aromatic carbocycles. The predicted octanol–water partition coefficient (Wildman–Crippen LogP) is 1.61. The van der Waals surface area contributed by atoms with Gasteiger partial charge in [0.2, 0.25) is 0 Å². The van der Waals surface area contributed by atoms with Crippen molar-refractivity contribution in [1.82, 2.24) is 20.4 Å². The Bertz CT molecular complexity index is 619. The number of anilines is 1. The van der Waals surface area contributed by atoms with Crippen LogP contribution in [0.5, 0.6) is 0 Å². The summed E-state index contributed by atoms with van der Waals surface area (Å²) in [5.41, 5.74) is 2.32. The van der Waals surface area contributed by atoms with Crippen molar-refractivity contribution in [3.8, 4) is 0 Å². The molecule has 0 fully saturated rings. The van der Waals surface area contributed by atoms with E-state index < -0.39 is 0 Å². The summed E-state index contributed by atoms with van der Waals surface area (Å²) in [4.78, 5) is 6.52. The molecule has 1 unspecified atom stereocenters. The molecule has 1 heterocycles. The number of guanidine groups is 1. The van der Waals surface area contributed by atoms with Gasteiger partial charge in [0.05, 0.1) is 12.2 Å². The molecule has 0 spiro atoms. The van der Waals surface area contributed by atoms with E-state index in [1.54, 1.807) is 13.2 Å². The van der Waals surface area contributed by atoms with Crippen LogP contribution in [0.2, 0.25) is 0 Å². The van der Waals surface area contributed by atoms with Crippen LogP contribution in [0.25, 0.3) is 0 Å². The second kappa shape index (κ2) is 8.22. The summed E-state index contributed by atoms with van der Waals surface area (Å²) < 4.78 is 1.85. The molecule has 6 nitrogen and oxygen atoms in total. The molecule has 0 saturated carbocycles. The largest absolute Gasteiger partial charge is 0.370 e. The zero-order valence-corrected chi connectivity index (χ0v) is 14.3. The zero-order chi connectivity index (χ0) is 16.7. The van der Waals surface area contributed by atoms with Crippen LogP contribution in [-0.2, 0) is 13.6 Å². The topological polar surface area (TPSA) is 57.5 Å². The molecule has 124 valence electrons. The molecule has 0 bridgehead atoms. The fourth-order valence-electron chi connectivity index (χ4n) is 2.27. The van der Waals surface area contributed by atoms with Gasteiger partial charge in [-0.2, -0.15) is 5.10 Å². The number of benzene rings is 1. The highest BCUT2D eigenvalue weighted by atomic mass is 15.3. The standard InChI is InChI=1S/C17H26N6/c1-14(22(3)15-8-6-5-7-9-15)12-19-17(18-2)20-13-16-10-11-21-23(16)4/h5-11,14H,12-13H2,1-4H3,(H2,18,19,20). The second-order valence-electron chi connectivity index (χ2n) is 5.55. The van der Waals surface area contributed by atoms with Gasteiger partial charge in [0.25, 0.3) is 0 Å². The first-order valence-corrected chi connectivity index (χ1v) is 7.81. The van der Waals surface area contributed by atoms with E-state index in [-0.39, 0.29) is 0 Å². The third kappa shape index (κ3) is 4.74. The molecule has 1 atom stereocenters. The molecule has 0 aliphatic rings. The van der Waals surface area contributed by atoms with Crippen molar-refractivity contribution in [2.45, 2.75) is 19.5 Å². The van der Waals surface area contributed by atoms with Gasteiger partial charge in [-0.15, -0.1) is 0 Å². The van der Waals surface area contributed by atoms with Gasteiger partial charge in [-0.05, 0) is 25.1 Å². The van der Waals surface area contributed by atoms with Gasteiger partial charge >= 0.3 is 0 Å². The first kappa shape index (κ1) is 16.9. The highest BCUT2D eigenvalue weighted by molar-refractivity contribution is 5.79. The fourth-order valence-corrected chi connectivity index (χ4v) is 2.27. The van der Waals surface area contributed by atoms with Gasteiger partial charge in [-0.3, -0.25) is 9.67 Å². The normalized spacial score (nSPS) is 12.8. The Morgan fingerprint density at radius 3 is 2.61 bits per heavy atom. The average molecular weight is 314 g/mol. The monoisotopic (exact) mass is 314 g/mol. The van der Waals surface area contributed by atoms with Crippen LogP contribution >= 0.6 is 0 Å². The fraction of sp³-hybridized carbons (Fsp3) is 0.412. The van der Waals surface area contributed by atoms with E-state index in [1.165, 1.54) is 5.69 Å². The predicted molar refractivity (Wildman–Crippen MR) is 95.7 cm³/mol. The Morgan fingerprint density at radius 1 is 1.26 bits per heavy atom. The summed E-state index contributed by atoms with van der Waals surface area (Å²) in [6.45, 7) is 3.68. The van der Waals surface area contributed by atoms with Crippen molar-refractivity contribution in [2.75, 3.05) is 25.5 Å². The number of likely N-dealkylation sites (N-methyl/N-ethyl adjacent to an activating group) is 1. The second-order valence-corrected chi connectivity index (χ2v) is 5.55. The summed E-state index contributed by atoms with van der Waals surface area (Å²) in [7, 11) is 5.82. The lowest BCUT2D eigenvalue weighted by molar-refractivity contribution is 0.641. The molecule has 2 aromatic rings. The highest BCUT2D eigenvalue weighted by Crippen LogP contribution is 2.13. The lowest BCUT2D eigenvalue weighted by Crippen LogP contribution is -2.44. The molecule has 0 aliphatic heterocycles. The number of hydrogen-bond donors (Lipinski definition) is 2. The molecule has 2 N–H and O–H groups in total. The zero-order valence-electron chi connectivity index (χ0n) is 14.3. The van der Waals surface area contributed by atoms with E-state index >= 15 is 0 Å². The molecule has 0 radical (unpaired) electrons. The minimum atomic E-state index is 0.340. The summed E-state index contributed by atoms with van der Waals surface area (Å²) in [5.74, 6) is 0.791. The van der Waals surface area contributed by atoms with Crippen LogP contribution in [-0.4, -0.2) is 42.4 Å². The number of aryl methyl sites for hydroxylation is 1. The molecular formula is C17H26N6. The van der Waals surface area contributed by atoms with E-state index in [1.807, 2.05) is 23.9 Å². The van der Waals surface area contributed by atoms with Crippen LogP contribution in [0.4, 0.5) is 5.69 Å². The van der Waals surface area contributed by atoms with Gasteiger partial charge in [0.15, 0.2) is 5.96 Å². The maximum absolute atomic E-state index is 4.27. The molecule has 6 heteroatoms. The molecular weight excluding hydrogens is 288 g/mol. The molecule has 2 rings (SSSR count). The Labute approximate surface area is 138 Å². The first-order chi connectivity index (χ1) is 11.1. The number of nitrogens with zero attached hydrogens (tertiary/aromatic N) is 4. The van der Waals surface area contributed by atoms with Crippen molar-refractivity contribution < 1.29 is 0 Å². The molecule has 23 heavy (non-hydrogen) atoms. The third-order valence-electron chi connectivity index (χ3n) is 3.97. The lowest BCUT2D eigenvalue weighted by atomic mass is 10.2. The quantitative estimate of drug-likeness (QED) is 0.628. The number of hydrogen-bond acceptors (Lipinski definition) is 3. The molecule has 0 amide bonds. The van der Waals surface area contributed by atoms with E-state index in [0.717, 1.165) is 18.2 Å². The minimum absolute atomic E-state index is 0.340. The van der Waals surface area contributed by atoms with Crippen molar-refractivity contribution in [3.05, 3.63) is 48.3 Å². The van der Waals surface area contributed by atoms with Crippen molar-refractivity contribution >= 4 is 11.6 Å². The Morgan fingerprint density at radius 2 is 2.00 bits per heavy atom. The van der Waals surface area contributed by atoms with Crippen LogP contribution in [0.15, 0.2) is 47.6 Å². The highest BCUT2D eigenvalue weighted by Gasteiger charge is 2.10. The average Bonchev–Trinajstić information content (AvgIpc) is 3.00. The molecule has 1 aromatic heterocycles. The van der Waals surface area contributed by atoms with Gasteiger partial charge in [0.1, 0.15) is 0 Å². The SMILES string of the molecule is CN=C(NCc1ccnn1C)NCC(C)N(C)c1ccccc1. The van der Waals surface area contributed by atoms with E-state index in [2.05, 4.69) is 63.9 Å². The number of aliphatic imine (C=N–C) groups is 1. The van der Waals surface area contributed by atoms with E-state index in [9.17, 15) is 0 Å². The first-order valence-electron chi connectivity index (χ1n) is 7.81. The summed E-state index contributed by atoms with van der Waals surface area (Å²) in [6, 6.07) is 12.7. The van der Waals surface area contributed by atoms with Gasteiger partial charge in [-0.25, -0.2) is 0 Å². The smallest absolute Gasteiger partial charge is 0.191 e. The molecule has 0 aliphatic carbocycles. The Kier molecular flexibility index (Phi) is 6.02. The van der Waals surface area contributed by atoms with E-state index in [4.69, 9.17) is 0 Å². The van der Waals surface area contributed by atoms with Gasteiger partial charge < -0.3 is 15.5 Å². The van der Waals surface area contributed by atoms with Gasteiger partial charge in [-0.1, -0.05) is 18.2 Å². The number of para-hydroxylation sites is 1. The van der Waals surface area contributed by atoms with Crippen molar-refractivity contribution in [1.29, 1.82) is 0 Å². The summed E-state index contributed by atoms with van der Waals surface area (Å²) in [6.07, 6.45) is 1.80. The van der Waals surface area contributed by atoms with Crippen molar-refractivity contribution in [2.24, 2.45) is 12.0 Å². The van der Waals surface area contributed by atoms with Crippen molar-refractivity contribution in [3.63, 3.8) is 0 Å². The minimum Gasteiger partial charge on any atom is -0.370 e. The molecule has 0 saturated heterocycles. The lowest BCUT2D eigenvalue weighted by Gasteiger charge is -2.27. The number of aromatic nitrogens is 2. The number of rotatable bonds is 6. The van der Waals surface area contributed by atoms with Crippen LogP contribution in [0.1, 0.15) is 12.6 Å². The van der Waals surface area contributed by atoms with Crippen LogP contribution in [0, 0.1) is 0 Å². The van der Waals surface area contributed by atoms with Gasteiger partial charge in [0, 0.05) is 45.6 Å². The van der Waals surface area contributed by atoms with Crippen LogP contribution < -0.4 is 15.5 Å². The third-order valence-corrected chi connectivity index (χ3v) is 3.97. The number of nitrogens with one attached hydrogen (secondary N) is 2. The van der Waals surface area contributed by atoms with Crippen LogP contribution in [0.3, 0.4) is 0 Å². The maximum Gasteiger partial charge on any atom is 0.191 e. The Balaban J connectivity index is 1.82. The summed E-state index contributed by atoms with van der Waals surface area (Å²) >= 11 is 0. The Hall–Kier alpha value is -2.50. The van der Waals surface area contributed by atoms with E-state index in [0.29, 0.717) is 12.6 Å². The maximum atomic E-state index is 4.27. The summed E-state index contributed by atoms with van der Waals surface area (Å²) in [5, 5.41) is 10.8.